The summed E-state index contributed by atoms with van der Waals surface area (Å²) < 4.78 is 2.92. The van der Waals surface area contributed by atoms with Crippen LogP contribution in [0, 0.1) is 0 Å². The number of carbonyl (C=O) groups excluding carboxylic acids is 1. The first-order chi connectivity index (χ1) is 15.5. The number of pyridine rings is 1. The lowest BCUT2D eigenvalue weighted by atomic mass is 10.2. The minimum atomic E-state index is -0.110. The van der Waals surface area contributed by atoms with Crippen molar-refractivity contribution in [1.29, 1.82) is 0 Å². The molecule has 2 aromatic carbocycles. The molecule has 4 aromatic rings. The van der Waals surface area contributed by atoms with E-state index in [1.165, 1.54) is 11.8 Å². The van der Waals surface area contributed by atoms with Crippen LogP contribution in [0.5, 0.6) is 0 Å². The second-order valence-electron chi connectivity index (χ2n) is 7.14. The van der Waals surface area contributed by atoms with Gasteiger partial charge in [-0.1, -0.05) is 27.7 Å². The van der Waals surface area contributed by atoms with Crippen LogP contribution >= 0.6 is 27.7 Å². The van der Waals surface area contributed by atoms with Gasteiger partial charge in [0, 0.05) is 53.6 Å². The summed E-state index contributed by atoms with van der Waals surface area (Å²) in [5.74, 6) is 0.764. The molecule has 0 aliphatic carbocycles. The summed E-state index contributed by atoms with van der Waals surface area (Å²) >= 11 is 4.81. The fraction of sp³-hybridized carbons (Fsp3) is 0.130. The van der Waals surface area contributed by atoms with E-state index in [1.54, 1.807) is 12.4 Å². The van der Waals surface area contributed by atoms with Gasteiger partial charge in [0.1, 0.15) is 0 Å². The highest BCUT2D eigenvalue weighted by Gasteiger charge is 2.17. The van der Waals surface area contributed by atoms with Crippen LogP contribution in [-0.4, -0.2) is 45.5 Å². The van der Waals surface area contributed by atoms with E-state index in [9.17, 15) is 4.79 Å². The van der Waals surface area contributed by atoms with Gasteiger partial charge >= 0.3 is 0 Å². The summed E-state index contributed by atoms with van der Waals surface area (Å²) in [7, 11) is 3.96. The molecule has 0 spiro atoms. The van der Waals surface area contributed by atoms with Crippen LogP contribution in [0.25, 0.3) is 17.1 Å². The lowest BCUT2D eigenvalue weighted by molar-refractivity contribution is -0.113. The lowest BCUT2D eigenvalue weighted by Crippen LogP contribution is -2.15. The van der Waals surface area contributed by atoms with Gasteiger partial charge in [0.25, 0.3) is 0 Å². The molecule has 0 radical (unpaired) electrons. The van der Waals surface area contributed by atoms with Gasteiger partial charge in [-0.15, -0.1) is 10.2 Å². The Morgan fingerprint density at radius 1 is 1.06 bits per heavy atom. The molecule has 0 aliphatic rings. The molecule has 7 nitrogen and oxygen atoms in total. The first kappa shape index (κ1) is 22.0. The van der Waals surface area contributed by atoms with Crippen molar-refractivity contribution < 1.29 is 4.79 Å². The number of amides is 1. The smallest absolute Gasteiger partial charge is 0.234 e. The van der Waals surface area contributed by atoms with Gasteiger partial charge in [-0.2, -0.15) is 0 Å². The maximum atomic E-state index is 12.6. The van der Waals surface area contributed by atoms with Gasteiger partial charge in [0.15, 0.2) is 11.0 Å². The third-order valence-corrected chi connectivity index (χ3v) is 6.10. The first-order valence-electron chi connectivity index (χ1n) is 9.83. The summed E-state index contributed by atoms with van der Waals surface area (Å²) in [5.41, 5.74) is 3.58. The zero-order valence-corrected chi connectivity index (χ0v) is 20.0. The van der Waals surface area contributed by atoms with Crippen LogP contribution in [0.2, 0.25) is 0 Å². The summed E-state index contributed by atoms with van der Waals surface area (Å²) in [6.07, 6.45) is 3.47. The Bertz CT molecular complexity index is 1190. The summed E-state index contributed by atoms with van der Waals surface area (Å²) in [5, 5.41) is 12.3. The average molecular weight is 509 g/mol. The number of nitrogens with one attached hydrogen (secondary N) is 1. The fourth-order valence-electron chi connectivity index (χ4n) is 3.04. The molecule has 0 aliphatic heterocycles. The molecule has 0 saturated heterocycles. The van der Waals surface area contributed by atoms with E-state index >= 15 is 0 Å². The molecule has 0 bridgehead atoms. The lowest BCUT2D eigenvalue weighted by Gasteiger charge is -2.13. The second-order valence-corrected chi connectivity index (χ2v) is 9.00. The Kier molecular flexibility index (Phi) is 6.87. The van der Waals surface area contributed by atoms with E-state index in [-0.39, 0.29) is 11.7 Å². The third-order valence-electron chi connectivity index (χ3n) is 4.64. The molecule has 1 N–H and O–H groups in total. The minimum absolute atomic E-state index is 0.110. The molecule has 1 amide bonds. The standard InChI is InChI=1S/C23H21BrN6OS/c1-29(2)19-11-7-18(8-12-19)26-21(31)15-32-23-28-27-22(16-4-3-13-25-14-16)30(23)20-9-5-17(24)6-10-20/h3-14H,15H2,1-2H3,(H,26,31). The molecule has 4 rings (SSSR count). The molecule has 0 fully saturated rings. The SMILES string of the molecule is CN(C)c1ccc(NC(=O)CSc2nnc(-c3cccnc3)n2-c2ccc(Br)cc2)cc1. The average Bonchev–Trinajstić information content (AvgIpc) is 3.23. The van der Waals surface area contributed by atoms with Gasteiger partial charge in [0.05, 0.1) is 5.75 Å². The minimum Gasteiger partial charge on any atom is -0.378 e. The van der Waals surface area contributed by atoms with Crippen LogP contribution in [0.3, 0.4) is 0 Å². The van der Waals surface area contributed by atoms with Crippen molar-refractivity contribution in [2.45, 2.75) is 5.16 Å². The number of carbonyl (C=O) groups is 1. The van der Waals surface area contributed by atoms with Crippen LogP contribution < -0.4 is 10.2 Å². The predicted octanol–water partition coefficient (Wildman–Crippen LogP) is 4.89. The molecule has 0 saturated carbocycles. The molecule has 32 heavy (non-hydrogen) atoms. The van der Waals surface area contributed by atoms with Crippen molar-refractivity contribution in [3.05, 3.63) is 77.5 Å². The molecule has 0 atom stereocenters. The number of benzene rings is 2. The zero-order valence-electron chi connectivity index (χ0n) is 17.6. The highest BCUT2D eigenvalue weighted by molar-refractivity contribution is 9.10. The molecular weight excluding hydrogens is 488 g/mol. The Labute approximate surface area is 199 Å². The Hall–Kier alpha value is -3.17. The molecular formula is C23H21BrN6OS. The second kappa shape index (κ2) is 9.97. The number of anilines is 2. The van der Waals surface area contributed by atoms with Gasteiger partial charge in [-0.3, -0.25) is 14.3 Å². The topological polar surface area (TPSA) is 75.9 Å². The van der Waals surface area contributed by atoms with E-state index in [1.807, 2.05) is 84.2 Å². The zero-order chi connectivity index (χ0) is 22.5. The summed E-state index contributed by atoms with van der Waals surface area (Å²) in [6.45, 7) is 0. The molecule has 2 heterocycles. The fourth-order valence-corrected chi connectivity index (χ4v) is 4.05. The van der Waals surface area contributed by atoms with E-state index in [2.05, 4.69) is 36.4 Å². The van der Waals surface area contributed by atoms with Crippen LogP contribution in [0.1, 0.15) is 0 Å². The van der Waals surface area contributed by atoms with Gasteiger partial charge in [-0.05, 0) is 60.7 Å². The first-order valence-corrected chi connectivity index (χ1v) is 11.6. The maximum Gasteiger partial charge on any atom is 0.234 e. The van der Waals surface area contributed by atoms with Crippen molar-refractivity contribution in [3.63, 3.8) is 0 Å². The largest absolute Gasteiger partial charge is 0.378 e. The molecule has 9 heteroatoms. The van der Waals surface area contributed by atoms with Crippen molar-refractivity contribution >= 4 is 45.0 Å². The normalized spacial score (nSPS) is 10.7. The van der Waals surface area contributed by atoms with Gasteiger partial charge in [0.2, 0.25) is 5.91 Å². The highest BCUT2D eigenvalue weighted by atomic mass is 79.9. The van der Waals surface area contributed by atoms with Gasteiger partial charge in [-0.25, -0.2) is 0 Å². The van der Waals surface area contributed by atoms with Crippen molar-refractivity contribution in [2.24, 2.45) is 0 Å². The Morgan fingerprint density at radius 2 is 1.81 bits per heavy atom. The van der Waals surface area contributed by atoms with E-state index < -0.39 is 0 Å². The number of halogens is 1. The summed E-state index contributed by atoms with van der Waals surface area (Å²) in [4.78, 5) is 18.8. The van der Waals surface area contributed by atoms with E-state index in [4.69, 9.17) is 0 Å². The van der Waals surface area contributed by atoms with Crippen LogP contribution in [0.4, 0.5) is 11.4 Å². The van der Waals surface area contributed by atoms with Crippen LogP contribution in [0.15, 0.2) is 82.7 Å². The number of hydrogen-bond donors (Lipinski definition) is 1. The number of rotatable bonds is 7. The van der Waals surface area contributed by atoms with Crippen molar-refractivity contribution in [1.82, 2.24) is 19.7 Å². The Morgan fingerprint density at radius 3 is 2.47 bits per heavy atom. The van der Waals surface area contributed by atoms with Crippen LogP contribution in [-0.2, 0) is 4.79 Å². The highest BCUT2D eigenvalue weighted by Crippen LogP contribution is 2.28. The maximum absolute atomic E-state index is 12.6. The quantitative estimate of drug-likeness (QED) is 0.358. The van der Waals surface area contributed by atoms with E-state index in [0.29, 0.717) is 11.0 Å². The van der Waals surface area contributed by atoms with E-state index in [0.717, 1.165) is 27.1 Å². The van der Waals surface area contributed by atoms with Crippen molar-refractivity contribution in [2.75, 3.05) is 30.1 Å². The monoisotopic (exact) mass is 508 g/mol. The van der Waals surface area contributed by atoms with Crippen molar-refractivity contribution in [3.8, 4) is 17.1 Å². The third kappa shape index (κ3) is 5.17. The number of aromatic nitrogens is 4. The predicted molar refractivity (Wildman–Crippen MR) is 132 cm³/mol. The Balaban J connectivity index is 1.53. The molecule has 0 unspecified atom stereocenters. The van der Waals surface area contributed by atoms with Gasteiger partial charge < -0.3 is 10.2 Å². The molecule has 2 aromatic heterocycles. The number of hydrogen-bond acceptors (Lipinski definition) is 6. The molecule has 162 valence electrons. The summed E-state index contributed by atoms with van der Waals surface area (Å²) in [6, 6.07) is 19.4. The number of thioether (sulfide) groups is 1. The number of nitrogens with zero attached hydrogens (tertiary/aromatic N) is 5.